The molecule has 3 aromatic carbocycles. The number of carbonyl (C=O) groups is 2. The van der Waals surface area contributed by atoms with Crippen molar-refractivity contribution in [1.82, 2.24) is 14.9 Å². The Labute approximate surface area is 187 Å². The minimum Gasteiger partial charge on any atom is -0.342 e. The number of benzene rings is 3. The molecule has 0 radical (unpaired) electrons. The molecule has 162 valence electrons. The van der Waals surface area contributed by atoms with Crippen LogP contribution in [0.3, 0.4) is 0 Å². The number of aromatic nitrogens is 2. The maximum absolute atomic E-state index is 12.8. The molecule has 32 heavy (non-hydrogen) atoms. The summed E-state index contributed by atoms with van der Waals surface area (Å²) in [5, 5.41) is 5.97. The van der Waals surface area contributed by atoms with E-state index in [1.165, 1.54) is 0 Å². The van der Waals surface area contributed by atoms with Crippen LogP contribution in [-0.4, -0.2) is 21.4 Å². The third-order valence-electron chi connectivity index (χ3n) is 5.45. The molecule has 0 saturated carbocycles. The van der Waals surface area contributed by atoms with Crippen LogP contribution in [0.2, 0.25) is 0 Å². The van der Waals surface area contributed by atoms with E-state index >= 15 is 0 Å². The van der Waals surface area contributed by atoms with E-state index in [-0.39, 0.29) is 24.4 Å². The molecule has 1 heterocycles. The number of hydrogen-bond donors (Lipinski definition) is 2. The van der Waals surface area contributed by atoms with Crippen LogP contribution in [0.1, 0.15) is 40.3 Å². The topological polar surface area (TPSA) is 76.0 Å². The predicted octanol–water partition coefficient (Wildman–Crippen LogP) is 4.78. The molecule has 6 nitrogen and oxygen atoms in total. The first-order valence-corrected chi connectivity index (χ1v) is 10.6. The van der Waals surface area contributed by atoms with Crippen molar-refractivity contribution in [3.63, 3.8) is 0 Å². The molecule has 2 amide bonds. The second-order valence-corrected chi connectivity index (χ2v) is 7.97. The molecule has 4 rings (SSSR count). The number of imidazole rings is 1. The maximum atomic E-state index is 12.8. The van der Waals surface area contributed by atoms with Crippen molar-refractivity contribution in [2.75, 3.05) is 5.32 Å². The highest BCUT2D eigenvalue weighted by molar-refractivity contribution is 5.96. The number of amides is 2. The summed E-state index contributed by atoms with van der Waals surface area (Å²) >= 11 is 0. The quantitative estimate of drug-likeness (QED) is 0.466. The minimum absolute atomic E-state index is 0.0916. The van der Waals surface area contributed by atoms with Crippen molar-refractivity contribution in [2.24, 2.45) is 0 Å². The molecular formula is C26H26N4O2. The molecule has 0 aliphatic rings. The second-order valence-electron chi connectivity index (χ2n) is 7.97. The number of fused-ring (bicyclic) bond motifs is 1. The normalized spacial score (nSPS) is 11.8. The average Bonchev–Trinajstić information content (AvgIpc) is 3.14. The number of nitrogens with one attached hydrogen (secondary N) is 2. The van der Waals surface area contributed by atoms with E-state index in [2.05, 4.69) is 10.6 Å². The molecule has 0 saturated heterocycles. The zero-order valence-electron chi connectivity index (χ0n) is 18.4. The fraction of sp³-hybridized carbons (Fsp3) is 0.192. The molecule has 1 atom stereocenters. The van der Waals surface area contributed by atoms with Crippen LogP contribution >= 0.6 is 0 Å². The van der Waals surface area contributed by atoms with Gasteiger partial charge in [0, 0.05) is 11.3 Å². The molecule has 4 aromatic rings. The van der Waals surface area contributed by atoms with Crippen LogP contribution in [0.4, 0.5) is 5.69 Å². The highest BCUT2D eigenvalue weighted by atomic mass is 16.2. The largest absolute Gasteiger partial charge is 0.342 e. The zero-order valence-corrected chi connectivity index (χ0v) is 18.4. The molecule has 0 fully saturated rings. The second kappa shape index (κ2) is 9.06. The summed E-state index contributed by atoms with van der Waals surface area (Å²) in [5.74, 6) is 0.307. The fourth-order valence-corrected chi connectivity index (χ4v) is 3.74. The summed E-state index contributed by atoms with van der Waals surface area (Å²) in [4.78, 5) is 30.4. The third-order valence-corrected chi connectivity index (χ3v) is 5.45. The summed E-state index contributed by atoms with van der Waals surface area (Å²) in [6.45, 7) is 5.88. The molecule has 0 bridgehead atoms. The molecule has 0 aliphatic heterocycles. The number of rotatable bonds is 6. The van der Waals surface area contributed by atoms with Gasteiger partial charge in [0.05, 0.1) is 17.1 Å². The highest BCUT2D eigenvalue weighted by Gasteiger charge is 2.21. The van der Waals surface area contributed by atoms with Gasteiger partial charge < -0.3 is 15.2 Å². The maximum Gasteiger partial charge on any atom is 0.252 e. The summed E-state index contributed by atoms with van der Waals surface area (Å²) < 4.78 is 1.86. The van der Waals surface area contributed by atoms with Crippen molar-refractivity contribution in [3.05, 3.63) is 95.3 Å². The van der Waals surface area contributed by atoms with E-state index in [9.17, 15) is 9.59 Å². The number of para-hydroxylation sites is 2. The van der Waals surface area contributed by atoms with Gasteiger partial charge in [0.15, 0.2) is 0 Å². The zero-order chi connectivity index (χ0) is 22.7. The lowest BCUT2D eigenvalue weighted by Crippen LogP contribution is -2.30. The lowest BCUT2D eigenvalue weighted by Gasteiger charge is -2.17. The van der Waals surface area contributed by atoms with Gasteiger partial charge in [-0.25, -0.2) is 4.98 Å². The van der Waals surface area contributed by atoms with E-state index in [1.807, 2.05) is 92.1 Å². The number of anilines is 1. The SMILES string of the molecule is Cc1ccc(NC(=O)Cn2c(C(C)NC(=O)c3ccccc3C)nc3ccccc32)cc1. The molecule has 0 spiro atoms. The lowest BCUT2D eigenvalue weighted by atomic mass is 10.1. The van der Waals surface area contributed by atoms with Crippen molar-refractivity contribution in [3.8, 4) is 0 Å². The number of nitrogens with zero attached hydrogens (tertiary/aromatic N) is 2. The van der Waals surface area contributed by atoms with Gasteiger partial charge in [-0.05, 0) is 56.7 Å². The molecule has 0 aliphatic carbocycles. The Kier molecular flexibility index (Phi) is 6.03. The fourth-order valence-electron chi connectivity index (χ4n) is 3.74. The first kappa shape index (κ1) is 21.3. The molecule has 2 N–H and O–H groups in total. The van der Waals surface area contributed by atoms with Crippen molar-refractivity contribution < 1.29 is 9.59 Å². The molecule has 1 unspecified atom stereocenters. The van der Waals surface area contributed by atoms with Crippen LogP contribution in [0.5, 0.6) is 0 Å². The predicted molar refractivity (Wildman–Crippen MR) is 127 cm³/mol. The summed E-state index contributed by atoms with van der Waals surface area (Å²) in [6.07, 6.45) is 0. The van der Waals surface area contributed by atoms with Gasteiger partial charge in [0.1, 0.15) is 12.4 Å². The van der Waals surface area contributed by atoms with Crippen LogP contribution in [-0.2, 0) is 11.3 Å². The number of hydrogen-bond acceptors (Lipinski definition) is 3. The summed E-state index contributed by atoms with van der Waals surface area (Å²) in [7, 11) is 0. The van der Waals surface area contributed by atoms with E-state index in [4.69, 9.17) is 4.98 Å². The summed E-state index contributed by atoms with van der Waals surface area (Å²) in [6, 6.07) is 22.4. The van der Waals surface area contributed by atoms with Gasteiger partial charge in [-0.15, -0.1) is 0 Å². The van der Waals surface area contributed by atoms with Gasteiger partial charge >= 0.3 is 0 Å². The van der Waals surface area contributed by atoms with Gasteiger partial charge in [0.2, 0.25) is 5.91 Å². The first-order chi connectivity index (χ1) is 15.4. The van der Waals surface area contributed by atoms with E-state index in [0.29, 0.717) is 11.4 Å². The average molecular weight is 427 g/mol. The Balaban J connectivity index is 1.59. The smallest absolute Gasteiger partial charge is 0.252 e. The van der Waals surface area contributed by atoms with Crippen molar-refractivity contribution in [2.45, 2.75) is 33.4 Å². The van der Waals surface area contributed by atoms with E-state index < -0.39 is 0 Å². The molecule has 6 heteroatoms. The van der Waals surface area contributed by atoms with Crippen molar-refractivity contribution in [1.29, 1.82) is 0 Å². The molecule has 1 aromatic heterocycles. The van der Waals surface area contributed by atoms with Crippen LogP contribution in [0.25, 0.3) is 11.0 Å². The van der Waals surface area contributed by atoms with Gasteiger partial charge in [-0.2, -0.15) is 0 Å². The lowest BCUT2D eigenvalue weighted by molar-refractivity contribution is -0.116. The van der Waals surface area contributed by atoms with Crippen LogP contribution in [0, 0.1) is 13.8 Å². The first-order valence-electron chi connectivity index (χ1n) is 10.6. The van der Waals surface area contributed by atoms with Gasteiger partial charge in [0.25, 0.3) is 5.91 Å². The van der Waals surface area contributed by atoms with Crippen LogP contribution < -0.4 is 10.6 Å². The number of aryl methyl sites for hydroxylation is 2. The Bertz CT molecular complexity index is 1270. The monoisotopic (exact) mass is 426 g/mol. The van der Waals surface area contributed by atoms with E-state index in [0.717, 1.165) is 27.8 Å². The Hall–Kier alpha value is -3.93. The third kappa shape index (κ3) is 4.54. The minimum atomic E-state index is -0.387. The standard InChI is InChI=1S/C26H26N4O2/c1-17-12-14-20(15-13-17)28-24(31)16-30-23-11-7-6-10-22(23)29-25(30)19(3)27-26(32)21-9-5-4-8-18(21)2/h4-15,19H,16H2,1-3H3,(H,27,32)(H,28,31). The highest BCUT2D eigenvalue weighted by Crippen LogP contribution is 2.22. The summed E-state index contributed by atoms with van der Waals surface area (Å²) in [5.41, 5.74) is 5.03. The number of carbonyl (C=O) groups excluding carboxylic acids is 2. The molecular weight excluding hydrogens is 400 g/mol. The Morgan fingerprint density at radius 3 is 2.38 bits per heavy atom. The Morgan fingerprint density at radius 2 is 1.62 bits per heavy atom. The van der Waals surface area contributed by atoms with Crippen molar-refractivity contribution >= 4 is 28.5 Å². The van der Waals surface area contributed by atoms with Gasteiger partial charge in [-0.3, -0.25) is 9.59 Å². The van der Waals surface area contributed by atoms with Gasteiger partial charge in [-0.1, -0.05) is 48.0 Å². The Morgan fingerprint density at radius 1 is 0.938 bits per heavy atom. The van der Waals surface area contributed by atoms with Crippen LogP contribution in [0.15, 0.2) is 72.8 Å². The van der Waals surface area contributed by atoms with E-state index in [1.54, 1.807) is 6.07 Å².